The number of nitrogens with two attached hydrogens (primary N) is 1. The van der Waals surface area contributed by atoms with Gasteiger partial charge < -0.3 is 4.90 Å². The van der Waals surface area contributed by atoms with Crippen LogP contribution >= 0.6 is 0 Å². The summed E-state index contributed by atoms with van der Waals surface area (Å²) < 4.78 is 23.1. The lowest BCUT2D eigenvalue weighted by Crippen LogP contribution is -2.38. The van der Waals surface area contributed by atoms with Crippen LogP contribution in [0.2, 0.25) is 0 Å². The van der Waals surface area contributed by atoms with E-state index < -0.39 is 10.0 Å². The van der Waals surface area contributed by atoms with E-state index in [0.29, 0.717) is 18.2 Å². The third-order valence-corrected chi connectivity index (χ3v) is 5.12. The van der Waals surface area contributed by atoms with E-state index in [4.69, 9.17) is 5.14 Å². The first-order chi connectivity index (χ1) is 8.88. The van der Waals surface area contributed by atoms with Crippen molar-refractivity contribution in [3.63, 3.8) is 0 Å². The fourth-order valence-corrected chi connectivity index (χ4v) is 4.10. The molecule has 0 radical (unpaired) electrons. The Morgan fingerprint density at radius 2 is 2.21 bits per heavy atom. The Morgan fingerprint density at radius 1 is 1.47 bits per heavy atom. The molecule has 7 nitrogen and oxygen atoms in total. The van der Waals surface area contributed by atoms with Crippen molar-refractivity contribution in [3.8, 4) is 0 Å². The first-order valence-corrected chi connectivity index (χ1v) is 7.81. The lowest BCUT2D eigenvalue weighted by molar-refractivity contribution is 0.0693. The number of carbonyl (C=O) groups excluding carboxylic acids is 1. The molecule has 3 N–H and O–H groups in total. The van der Waals surface area contributed by atoms with E-state index in [2.05, 4.69) is 10.2 Å². The molecule has 3 rings (SSSR count). The maximum atomic E-state index is 12.4. The van der Waals surface area contributed by atoms with Gasteiger partial charge in [-0.3, -0.25) is 9.89 Å². The number of primary sulfonamides is 1. The van der Waals surface area contributed by atoms with Gasteiger partial charge in [-0.25, -0.2) is 13.6 Å². The molecule has 1 aromatic rings. The van der Waals surface area contributed by atoms with Crippen LogP contribution in [0.4, 0.5) is 0 Å². The normalized spacial score (nSPS) is 26.1. The third-order valence-electron chi connectivity index (χ3n) is 4.05. The summed E-state index contributed by atoms with van der Waals surface area (Å²) in [5.41, 5.74) is 0.225. The van der Waals surface area contributed by atoms with Crippen LogP contribution in [0.1, 0.15) is 35.4 Å². The summed E-state index contributed by atoms with van der Waals surface area (Å²) >= 11 is 0. The highest BCUT2D eigenvalue weighted by Gasteiger charge is 2.42. The van der Waals surface area contributed by atoms with Gasteiger partial charge in [-0.15, -0.1) is 0 Å². The van der Waals surface area contributed by atoms with Crippen LogP contribution < -0.4 is 5.14 Å². The molecule has 1 aliphatic heterocycles. The number of amides is 1. The van der Waals surface area contributed by atoms with E-state index in [1.54, 1.807) is 11.8 Å². The molecule has 1 saturated heterocycles. The van der Waals surface area contributed by atoms with Crippen LogP contribution in [0.3, 0.4) is 0 Å². The molecule has 2 fully saturated rings. The largest absolute Gasteiger partial charge is 0.334 e. The van der Waals surface area contributed by atoms with Gasteiger partial charge in [0.1, 0.15) is 4.90 Å². The van der Waals surface area contributed by atoms with Crippen LogP contribution in [0.5, 0.6) is 0 Å². The number of hydrogen-bond donors (Lipinski definition) is 2. The van der Waals surface area contributed by atoms with Crippen molar-refractivity contribution in [1.29, 1.82) is 0 Å². The molecule has 0 aromatic carbocycles. The second-order valence-corrected chi connectivity index (χ2v) is 6.86. The summed E-state index contributed by atoms with van der Waals surface area (Å²) in [6.07, 6.45) is 3.15. The number of aromatic amines is 1. The molecule has 2 heterocycles. The minimum Gasteiger partial charge on any atom is -0.334 e. The van der Waals surface area contributed by atoms with Gasteiger partial charge >= 0.3 is 0 Å². The Labute approximate surface area is 111 Å². The van der Waals surface area contributed by atoms with Gasteiger partial charge in [0.15, 0.2) is 5.69 Å². The minimum atomic E-state index is -3.95. The van der Waals surface area contributed by atoms with Crippen LogP contribution in [-0.2, 0) is 10.0 Å². The molecule has 19 heavy (non-hydrogen) atoms. The Kier molecular flexibility index (Phi) is 2.68. The van der Waals surface area contributed by atoms with Gasteiger partial charge in [0.25, 0.3) is 5.91 Å². The molecule has 0 spiro atoms. The summed E-state index contributed by atoms with van der Waals surface area (Å²) in [5.74, 6) is 0.215. The van der Waals surface area contributed by atoms with Crippen LogP contribution in [0.15, 0.2) is 4.90 Å². The zero-order valence-electron chi connectivity index (χ0n) is 10.6. The number of aryl methyl sites for hydroxylation is 1. The van der Waals surface area contributed by atoms with Crippen molar-refractivity contribution >= 4 is 15.9 Å². The van der Waals surface area contributed by atoms with E-state index in [1.807, 2.05) is 0 Å². The molecule has 1 aromatic heterocycles. The van der Waals surface area contributed by atoms with E-state index in [1.165, 1.54) is 0 Å². The van der Waals surface area contributed by atoms with E-state index in [0.717, 1.165) is 19.3 Å². The predicted molar refractivity (Wildman–Crippen MR) is 66.9 cm³/mol. The van der Waals surface area contributed by atoms with Gasteiger partial charge in [-0.2, -0.15) is 5.10 Å². The van der Waals surface area contributed by atoms with E-state index in [-0.39, 0.29) is 22.5 Å². The summed E-state index contributed by atoms with van der Waals surface area (Å²) in [7, 11) is -3.95. The zero-order valence-corrected chi connectivity index (χ0v) is 11.4. The fourth-order valence-electron chi connectivity index (χ4n) is 3.22. The quantitative estimate of drug-likeness (QED) is 0.796. The van der Waals surface area contributed by atoms with E-state index >= 15 is 0 Å². The summed E-state index contributed by atoms with van der Waals surface area (Å²) in [5, 5.41) is 11.5. The molecule has 2 bridgehead atoms. The monoisotopic (exact) mass is 284 g/mol. The van der Waals surface area contributed by atoms with Crippen LogP contribution in [0, 0.1) is 12.8 Å². The molecule has 2 atom stereocenters. The average molecular weight is 284 g/mol. The number of rotatable bonds is 2. The molecule has 104 valence electrons. The lowest BCUT2D eigenvalue weighted by Gasteiger charge is -2.26. The molecular weight excluding hydrogens is 268 g/mol. The van der Waals surface area contributed by atoms with Crippen molar-refractivity contribution in [3.05, 3.63) is 11.4 Å². The van der Waals surface area contributed by atoms with Crippen molar-refractivity contribution in [2.45, 2.75) is 37.1 Å². The smallest absolute Gasteiger partial charge is 0.276 e. The number of likely N-dealkylation sites (tertiary alicyclic amines) is 1. The van der Waals surface area contributed by atoms with Crippen molar-refractivity contribution < 1.29 is 13.2 Å². The van der Waals surface area contributed by atoms with Gasteiger partial charge in [0, 0.05) is 12.6 Å². The number of H-pyrrole nitrogens is 1. The van der Waals surface area contributed by atoms with Crippen molar-refractivity contribution in [2.75, 3.05) is 6.54 Å². The highest BCUT2D eigenvalue weighted by atomic mass is 32.2. The first kappa shape index (κ1) is 12.6. The maximum Gasteiger partial charge on any atom is 0.276 e. The number of aromatic nitrogens is 2. The topological polar surface area (TPSA) is 109 Å². The number of sulfonamides is 1. The summed E-state index contributed by atoms with van der Waals surface area (Å²) in [4.78, 5) is 14.0. The van der Waals surface area contributed by atoms with E-state index in [9.17, 15) is 13.2 Å². The molecule has 1 aliphatic carbocycles. The predicted octanol–water partition coefficient (Wildman–Crippen LogP) is -0.00998. The maximum absolute atomic E-state index is 12.4. The molecule has 2 aliphatic rings. The van der Waals surface area contributed by atoms with Gasteiger partial charge in [-0.05, 0) is 32.1 Å². The number of carbonyl (C=O) groups is 1. The van der Waals surface area contributed by atoms with Gasteiger partial charge in [0.05, 0.1) is 5.69 Å². The number of hydrogen-bond acceptors (Lipinski definition) is 4. The lowest BCUT2D eigenvalue weighted by atomic mass is 10.1. The Bertz CT molecular complexity index is 636. The number of nitrogens with one attached hydrogen (secondary N) is 1. The molecule has 2 unspecified atom stereocenters. The average Bonchev–Trinajstić information content (AvgIpc) is 3.00. The number of fused-ring (bicyclic) bond motifs is 2. The van der Waals surface area contributed by atoms with Crippen molar-refractivity contribution in [2.24, 2.45) is 11.1 Å². The fraction of sp³-hybridized carbons (Fsp3) is 0.636. The van der Waals surface area contributed by atoms with Crippen LogP contribution in [-0.4, -0.2) is 42.0 Å². The Hall–Kier alpha value is -1.41. The summed E-state index contributed by atoms with van der Waals surface area (Å²) in [6, 6.07) is 0.225. The second kappa shape index (κ2) is 4.04. The number of piperidine rings is 1. The number of nitrogens with zero attached hydrogens (tertiary/aromatic N) is 2. The first-order valence-electron chi connectivity index (χ1n) is 6.26. The second-order valence-electron chi connectivity index (χ2n) is 5.36. The van der Waals surface area contributed by atoms with Crippen LogP contribution in [0.25, 0.3) is 0 Å². The van der Waals surface area contributed by atoms with Gasteiger partial charge in [-0.1, -0.05) is 0 Å². The zero-order chi connectivity index (χ0) is 13.8. The minimum absolute atomic E-state index is 0.0763. The standard InChI is InChI=1S/C11H16N4O3S/c1-6-10(19(12,17)18)9(14-13-6)11(16)15-5-7-2-3-8(15)4-7/h7-8H,2-5H2,1H3,(H,13,14)(H2,12,17,18). The highest BCUT2D eigenvalue weighted by Crippen LogP contribution is 2.38. The highest BCUT2D eigenvalue weighted by molar-refractivity contribution is 7.89. The molecule has 8 heteroatoms. The Balaban J connectivity index is 1.97. The van der Waals surface area contributed by atoms with Crippen molar-refractivity contribution in [1.82, 2.24) is 15.1 Å². The molecular formula is C11H16N4O3S. The molecule has 1 amide bonds. The van der Waals surface area contributed by atoms with Gasteiger partial charge in [0.2, 0.25) is 10.0 Å². The SMILES string of the molecule is Cc1[nH]nc(C(=O)N2CC3CCC2C3)c1S(N)(=O)=O. The summed E-state index contributed by atoms with van der Waals surface area (Å²) in [6.45, 7) is 2.24. The molecule has 1 saturated carbocycles. The Morgan fingerprint density at radius 3 is 2.74 bits per heavy atom. The third kappa shape index (κ3) is 1.95.